The fourth-order valence-corrected chi connectivity index (χ4v) is 3.66. The zero-order valence-electron chi connectivity index (χ0n) is 14.1. The van der Waals surface area contributed by atoms with E-state index in [-0.39, 0.29) is 30.3 Å². The Bertz CT molecular complexity index is 605. The van der Waals surface area contributed by atoms with Crippen LogP contribution in [0.1, 0.15) is 39.0 Å². The van der Waals surface area contributed by atoms with Crippen molar-refractivity contribution in [3.05, 3.63) is 24.3 Å². The number of anilines is 1. The lowest BCUT2D eigenvalue weighted by Crippen LogP contribution is -3.03. The van der Waals surface area contributed by atoms with E-state index in [2.05, 4.69) is 16.0 Å². The molecule has 3 atom stereocenters. The van der Waals surface area contributed by atoms with Crippen LogP contribution in [-0.2, 0) is 9.59 Å². The third kappa shape index (κ3) is 3.87. The minimum atomic E-state index is -0.344. The molecule has 1 aromatic rings. The Morgan fingerprint density at radius 1 is 1.33 bits per heavy atom. The molecule has 1 aliphatic carbocycles. The van der Waals surface area contributed by atoms with Gasteiger partial charge in [0.15, 0.2) is 6.04 Å². The summed E-state index contributed by atoms with van der Waals surface area (Å²) < 4.78 is 5.52. The highest BCUT2D eigenvalue weighted by Gasteiger charge is 2.40. The fourth-order valence-electron chi connectivity index (χ4n) is 3.66. The van der Waals surface area contributed by atoms with E-state index in [1.165, 1.54) is 12.8 Å². The second-order valence-corrected chi connectivity index (χ2v) is 6.54. The minimum Gasteiger partial charge on any atom is -0.492 e. The van der Waals surface area contributed by atoms with Gasteiger partial charge < -0.3 is 20.7 Å². The summed E-state index contributed by atoms with van der Waals surface area (Å²) in [5.41, 5.74) is 0.649. The van der Waals surface area contributed by atoms with E-state index in [0.29, 0.717) is 24.1 Å². The lowest BCUT2D eigenvalue weighted by molar-refractivity contribution is -0.718. The first kappa shape index (κ1) is 16.8. The highest BCUT2D eigenvalue weighted by molar-refractivity contribution is 5.96. The molecule has 1 aliphatic heterocycles. The maximum absolute atomic E-state index is 12.4. The number of carbonyl (C=O) groups excluding carboxylic acids is 2. The van der Waals surface area contributed by atoms with Crippen LogP contribution in [0.4, 0.5) is 5.69 Å². The molecular weight excluding hydrogens is 306 g/mol. The number of benzene rings is 1. The molecule has 0 bridgehead atoms. The molecule has 4 N–H and O–H groups in total. The van der Waals surface area contributed by atoms with Gasteiger partial charge in [0.25, 0.3) is 5.91 Å². The van der Waals surface area contributed by atoms with Gasteiger partial charge in [0.2, 0.25) is 5.91 Å². The molecule has 1 saturated heterocycles. The number of para-hydroxylation sites is 2. The molecule has 6 heteroatoms. The zero-order valence-corrected chi connectivity index (χ0v) is 14.1. The van der Waals surface area contributed by atoms with Gasteiger partial charge in [-0.15, -0.1) is 0 Å². The van der Waals surface area contributed by atoms with Gasteiger partial charge in [-0.2, -0.15) is 0 Å². The van der Waals surface area contributed by atoms with Crippen LogP contribution in [0.25, 0.3) is 0 Å². The first-order valence-electron chi connectivity index (χ1n) is 8.84. The van der Waals surface area contributed by atoms with Gasteiger partial charge in [0.1, 0.15) is 11.8 Å². The molecule has 2 fully saturated rings. The largest absolute Gasteiger partial charge is 0.492 e. The lowest BCUT2D eigenvalue weighted by Gasteiger charge is -2.37. The Morgan fingerprint density at radius 2 is 2.12 bits per heavy atom. The van der Waals surface area contributed by atoms with Crippen LogP contribution in [0.15, 0.2) is 24.3 Å². The normalized spacial score (nSPS) is 26.2. The van der Waals surface area contributed by atoms with Crippen LogP contribution in [0, 0.1) is 0 Å². The quantitative estimate of drug-likeness (QED) is 0.745. The van der Waals surface area contributed by atoms with E-state index in [4.69, 9.17) is 4.74 Å². The first-order chi connectivity index (χ1) is 11.7. The third-order valence-electron chi connectivity index (χ3n) is 4.83. The van der Waals surface area contributed by atoms with E-state index in [9.17, 15) is 9.59 Å². The Kier molecular flexibility index (Phi) is 5.35. The van der Waals surface area contributed by atoms with E-state index < -0.39 is 0 Å². The summed E-state index contributed by atoms with van der Waals surface area (Å²) in [6.45, 7) is 2.44. The number of hydrogen-bond acceptors (Lipinski definition) is 3. The number of amides is 2. The number of carbonyl (C=O) groups is 2. The van der Waals surface area contributed by atoms with Crippen molar-refractivity contribution in [1.82, 2.24) is 5.32 Å². The van der Waals surface area contributed by atoms with Gasteiger partial charge in [-0.25, -0.2) is 0 Å². The van der Waals surface area contributed by atoms with Crippen molar-refractivity contribution in [3.8, 4) is 5.75 Å². The van der Waals surface area contributed by atoms with E-state index >= 15 is 0 Å². The summed E-state index contributed by atoms with van der Waals surface area (Å²) in [6.07, 6.45) is 4.71. The van der Waals surface area contributed by atoms with Gasteiger partial charge in [0, 0.05) is 6.42 Å². The number of nitrogens with two attached hydrogens (primary N) is 1. The molecule has 0 aromatic heterocycles. The van der Waals surface area contributed by atoms with Crippen LogP contribution >= 0.6 is 0 Å². The van der Waals surface area contributed by atoms with Crippen LogP contribution in [0.3, 0.4) is 0 Å². The standard InChI is InChI=1S/C18H25N3O3/c1-2-24-16-10-6-5-9-14(16)20-17(22)11-15-18(23)21-13-8-4-3-7-12(13)19-15/h5-6,9-10,12-13,15,19H,2-4,7-8,11H2,1H3,(H,20,22)(H,21,23)/p+1/t12-,13+,15-/m0/s1. The average Bonchev–Trinajstić information content (AvgIpc) is 2.57. The van der Waals surface area contributed by atoms with Crippen LogP contribution in [0.5, 0.6) is 5.75 Å². The Balaban J connectivity index is 1.59. The second-order valence-electron chi connectivity index (χ2n) is 6.54. The summed E-state index contributed by atoms with van der Waals surface area (Å²) in [5, 5.41) is 8.06. The van der Waals surface area contributed by atoms with Crippen LogP contribution < -0.4 is 20.7 Å². The molecule has 24 heavy (non-hydrogen) atoms. The van der Waals surface area contributed by atoms with Crippen molar-refractivity contribution in [3.63, 3.8) is 0 Å². The number of piperazine rings is 1. The average molecular weight is 332 g/mol. The maximum atomic E-state index is 12.4. The molecule has 0 radical (unpaired) electrons. The van der Waals surface area contributed by atoms with Crippen LogP contribution in [-0.4, -0.2) is 36.5 Å². The number of ether oxygens (including phenoxy) is 1. The van der Waals surface area contributed by atoms with Crippen molar-refractivity contribution in [2.24, 2.45) is 0 Å². The molecule has 6 nitrogen and oxygen atoms in total. The van der Waals surface area contributed by atoms with Crippen molar-refractivity contribution < 1.29 is 19.6 Å². The Hall–Kier alpha value is -2.08. The number of quaternary nitrogens is 1. The summed E-state index contributed by atoms with van der Waals surface area (Å²) in [4.78, 5) is 24.6. The van der Waals surface area contributed by atoms with Crippen molar-refractivity contribution in [2.45, 2.75) is 57.2 Å². The highest BCUT2D eigenvalue weighted by Crippen LogP contribution is 2.24. The van der Waals surface area contributed by atoms with Crippen LogP contribution in [0.2, 0.25) is 0 Å². The summed E-state index contributed by atoms with van der Waals surface area (Å²) in [7, 11) is 0. The van der Waals surface area contributed by atoms with Gasteiger partial charge in [0.05, 0.1) is 24.8 Å². The number of rotatable bonds is 5. The summed E-state index contributed by atoms with van der Waals surface area (Å²) in [6, 6.07) is 7.68. The van der Waals surface area contributed by atoms with Crippen molar-refractivity contribution >= 4 is 17.5 Å². The fraction of sp³-hybridized carbons (Fsp3) is 0.556. The molecule has 1 saturated carbocycles. The van der Waals surface area contributed by atoms with Gasteiger partial charge >= 0.3 is 0 Å². The SMILES string of the molecule is CCOc1ccccc1NC(=O)C[C@@H]1[NH2+][C@H]2CCCC[C@H]2NC1=O. The molecule has 1 heterocycles. The molecule has 130 valence electrons. The molecule has 0 unspecified atom stereocenters. The van der Waals surface area contributed by atoms with Crippen molar-refractivity contribution in [1.29, 1.82) is 0 Å². The highest BCUT2D eigenvalue weighted by atomic mass is 16.5. The molecule has 2 aliphatic rings. The van der Waals surface area contributed by atoms with Gasteiger partial charge in [-0.3, -0.25) is 9.59 Å². The summed E-state index contributed by atoms with van der Waals surface area (Å²) in [5.74, 6) is 0.469. The zero-order chi connectivity index (χ0) is 16.9. The maximum Gasteiger partial charge on any atom is 0.279 e. The monoisotopic (exact) mass is 332 g/mol. The molecule has 3 rings (SSSR count). The Labute approximate surface area is 142 Å². The van der Waals surface area contributed by atoms with Gasteiger partial charge in [-0.1, -0.05) is 18.6 Å². The first-order valence-corrected chi connectivity index (χ1v) is 8.84. The molecule has 2 amide bonds. The topological polar surface area (TPSA) is 84.0 Å². The third-order valence-corrected chi connectivity index (χ3v) is 4.83. The predicted molar refractivity (Wildman–Crippen MR) is 90.8 cm³/mol. The molecule has 0 spiro atoms. The number of nitrogens with one attached hydrogen (secondary N) is 2. The molecule has 1 aromatic carbocycles. The lowest BCUT2D eigenvalue weighted by atomic mass is 9.87. The second kappa shape index (κ2) is 7.66. The molecular formula is C18H26N3O3+. The van der Waals surface area contributed by atoms with Gasteiger partial charge in [-0.05, 0) is 31.9 Å². The number of fused-ring (bicyclic) bond motifs is 1. The Morgan fingerprint density at radius 3 is 2.96 bits per heavy atom. The summed E-state index contributed by atoms with van der Waals surface area (Å²) >= 11 is 0. The van der Waals surface area contributed by atoms with E-state index in [0.717, 1.165) is 12.8 Å². The predicted octanol–water partition coefficient (Wildman–Crippen LogP) is 0.787. The number of hydrogen-bond donors (Lipinski definition) is 3. The van der Waals surface area contributed by atoms with E-state index in [1.807, 2.05) is 31.2 Å². The minimum absolute atomic E-state index is 0.0219. The van der Waals surface area contributed by atoms with Crippen molar-refractivity contribution in [2.75, 3.05) is 11.9 Å². The van der Waals surface area contributed by atoms with E-state index in [1.54, 1.807) is 0 Å². The smallest absolute Gasteiger partial charge is 0.279 e.